The minimum absolute atomic E-state index is 0.0839. The predicted octanol–water partition coefficient (Wildman–Crippen LogP) is 2.34. The Morgan fingerprint density at radius 1 is 1.19 bits per heavy atom. The molecule has 2 N–H and O–H groups in total. The van der Waals surface area contributed by atoms with Gasteiger partial charge in [0.25, 0.3) is 0 Å². The molecule has 0 aliphatic heterocycles. The maximum atomic E-state index is 12.8. The Hall–Kier alpha value is -1.90. The highest BCUT2D eigenvalue weighted by molar-refractivity contribution is 5.90. The summed E-state index contributed by atoms with van der Waals surface area (Å²) >= 11 is 0. The van der Waals surface area contributed by atoms with Crippen molar-refractivity contribution in [2.45, 2.75) is 13.1 Å². The summed E-state index contributed by atoms with van der Waals surface area (Å²) in [5.41, 5.74) is 6.42. The van der Waals surface area contributed by atoms with E-state index in [1.165, 1.54) is 0 Å². The van der Waals surface area contributed by atoms with Gasteiger partial charge in [0, 0.05) is 0 Å². The lowest BCUT2D eigenvalue weighted by Crippen LogP contribution is -2.15. The second-order valence-corrected chi connectivity index (χ2v) is 3.70. The minimum Gasteiger partial charge on any atom is -0.369 e. The third-order valence-corrected chi connectivity index (χ3v) is 2.63. The molecule has 0 aliphatic carbocycles. The van der Waals surface area contributed by atoms with Gasteiger partial charge in [0.2, 0.25) is 5.91 Å². The molecule has 3 heteroatoms. The molecule has 0 heterocycles. The van der Waals surface area contributed by atoms with Crippen LogP contribution in [0.1, 0.15) is 11.1 Å². The maximum Gasteiger partial charge on any atom is 0.221 e. The molecule has 0 aromatic heterocycles. The van der Waals surface area contributed by atoms with Crippen molar-refractivity contribution in [3.63, 3.8) is 0 Å². The maximum absolute atomic E-state index is 12.8. The van der Waals surface area contributed by atoms with Gasteiger partial charge < -0.3 is 5.73 Å². The van der Waals surface area contributed by atoms with Gasteiger partial charge in [0.1, 0.15) is 6.67 Å². The van der Waals surface area contributed by atoms with Crippen molar-refractivity contribution in [3.8, 4) is 0 Å². The summed E-state index contributed by atoms with van der Waals surface area (Å²) in [6, 6.07) is 11.2. The Bertz CT molecular complexity index is 536. The fourth-order valence-corrected chi connectivity index (χ4v) is 1.89. The van der Waals surface area contributed by atoms with E-state index >= 15 is 0 Å². The lowest BCUT2D eigenvalue weighted by molar-refractivity contribution is -0.117. The number of amides is 1. The number of halogens is 1. The molecule has 0 radical (unpaired) electrons. The van der Waals surface area contributed by atoms with E-state index in [4.69, 9.17) is 5.73 Å². The van der Waals surface area contributed by atoms with Crippen LogP contribution >= 0.6 is 0 Å². The van der Waals surface area contributed by atoms with Crippen molar-refractivity contribution in [2.75, 3.05) is 0 Å². The van der Waals surface area contributed by atoms with Gasteiger partial charge in [-0.15, -0.1) is 0 Å². The molecule has 16 heavy (non-hydrogen) atoms. The van der Waals surface area contributed by atoms with Gasteiger partial charge in [0.15, 0.2) is 0 Å². The summed E-state index contributed by atoms with van der Waals surface area (Å²) in [5, 5.41) is 1.90. The summed E-state index contributed by atoms with van der Waals surface area (Å²) in [7, 11) is 0. The number of carbonyl (C=O) groups is 1. The zero-order chi connectivity index (χ0) is 11.5. The summed E-state index contributed by atoms with van der Waals surface area (Å²) < 4.78 is 12.8. The summed E-state index contributed by atoms with van der Waals surface area (Å²) in [6.45, 7) is -0.576. The number of rotatable bonds is 3. The summed E-state index contributed by atoms with van der Waals surface area (Å²) in [6.07, 6.45) is 0.0839. The molecular formula is C13H12FNO. The molecule has 0 unspecified atom stereocenters. The van der Waals surface area contributed by atoms with Crippen molar-refractivity contribution in [2.24, 2.45) is 5.73 Å². The van der Waals surface area contributed by atoms with Gasteiger partial charge in [-0.25, -0.2) is 4.39 Å². The molecule has 82 valence electrons. The molecule has 2 aromatic rings. The SMILES string of the molecule is NC(=O)Cc1c(CF)ccc2ccccc12. The number of fused-ring (bicyclic) bond motifs is 1. The fourth-order valence-electron chi connectivity index (χ4n) is 1.89. The Morgan fingerprint density at radius 3 is 2.62 bits per heavy atom. The highest BCUT2D eigenvalue weighted by Crippen LogP contribution is 2.23. The first-order valence-electron chi connectivity index (χ1n) is 5.06. The lowest BCUT2D eigenvalue weighted by Gasteiger charge is -2.09. The largest absolute Gasteiger partial charge is 0.369 e. The Labute approximate surface area is 92.9 Å². The van der Waals surface area contributed by atoms with Gasteiger partial charge >= 0.3 is 0 Å². The number of alkyl halides is 1. The van der Waals surface area contributed by atoms with Crippen LogP contribution in [0.2, 0.25) is 0 Å². The first-order valence-corrected chi connectivity index (χ1v) is 5.06. The molecule has 1 amide bonds. The van der Waals surface area contributed by atoms with Crippen LogP contribution in [-0.4, -0.2) is 5.91 Å². The summed E-state index contributed by atoms with van der Waals surface area (Å²) in [4.78, 5) is 11.0. The van der Waals surface area contributed by atoms with E-state index in [-0.39, 0.29) is 6.42 Å². The van der Waals surface area contributed by atoms with Crippen LogP contribution in [0, 0.1) is 0 Å². The van der Waals surface area contributed by atoms with Crippen molar-refractivity contribution in [1.29, 1.82) is 0 Å². The van der Waals surface area contributed by atoms with Crippen LogP contribution < -0.4 is 5.73 Å². The molecule has 0 fully saturated rings. The first-order chi connectivity index (χ1) is 7.72. The minimum atomic E-state index is -0.576. The van der Waals surface area contributed by atoms with Crippen molar-refractivity contribution in [1.82, 2.24) is 0 Å². The van der Waals surface area contributed by atoms with Gasteiger partial charge in [-0.05, 0) is 21.9 Å². The van der Waals surface area contributed by atoms with Crippen LogP contribution in [0.4, 0.5) is 4.39 Å². The van der Waals surface area contributed by atoms with Crippen LogP contribution in [0.25, 0.3) is 10.8 Å². The van der Waals surface area contributed by atoms with Gasteiger partial charge in [-0.3, -0.25) is 4.79 Å². The average Bonchev–Trinajstić information content (AvgIpc) is 2.29. The molecule has 2 rings (SSSR count). The molecular weight excluding hydrogens is 205 g/mol. The van der Waals surface area contributed by atoms with Crippen LogP contribution in [0.5, 0.6) is 0 Å². The molecule has 0 saturated carbocycles. The van der Waals surface area contributed by atoms with Crippen molar-refractivity contribution in [3.05, 3.63) is 47.5 Å². The molecule has 2 aromatic carbocycles. The van der Waals surface area contributed by atoms with E-state index in [9.17, 15) is 9.18 Å². The highest BCUT2D eigenvalue weighted by Gasteiger charge is 2.09. The second kappa shape index (κ2) is 4.31. The van der Waals surface area contributed by atoms with E-state index < -0.39 is 12.6 Å². The number of hydrogen-bond donors (Lipinski definition) is 1. The number of benzene rings is 2. The molecule has 0 saturated heterocycles. The van der Waals surface area contributed by atoms with Crippen LogP contribution in [-0.2, 0) is 17.9 Å². The zero-order valence-corrected chi connectivity index (χ0v) is 8.74. The van der Waals surface area contributed by atoms with Gasteiger partial charge in [-0.1, -0.05) is 36.4 Å². The number of carbonyl (C=O) groups excluding carboxylic acids is 1. The number of primary amides is 1. The standard InChI is InChI=1S/C13H12FNO/c14-8-10-6-5-9-3-1-2-4-11(9)12(10)7-13(15)16/h1-6H,7-8H2,(H2,15,16). The van der Waals surface area contributed by atoms with Gasteiger partial charge in [0.05, 0.1) is 6.42 Å². The van der Waals surface area contributed by atoms with Gasteiger partial charge in [-0.2, -0.15) is 0 Å². The monoisotopic (exact) mass is 217 g/mol. The zero-order valence-electron chi connectivity index (χ0n) is 8.74. The number of nitrogens with two attached hydrogens (primary N) is 1. The van der Waals surface area contributed by atoms with E-state index in [2.05, 4.69) is 0 Å². The molecule has 0 bridgehead atoms. The lowest BCUT2D eigenvalue weighted by atomic mass is 9.97. The first kappa shape index (κ1) is 10.6. The van der Waals surface area contributed by atoms with E-state index in [1.54, 1.807) is 6.07 Å². The average molecular weight is 217 g/mol. The molecule has 0 atom stereocenters. The quantitative estimate of drug-likeness (QED) is 0.842. The molecule has 0 spiro atoms. The van der Waals surface area contributed by atoms with Crippen molar-refractivity contribution >= 4 is 16.7 Å². The third kappa shape index (κ3) is 1.89. The Kier molecular flexibility index (Phi) is 2.86. The fraction of sp³-hybridized carbons (Fsp3) is 0.154. The van der Waals surface area contributed by atoms with Crippen LogP contribution in [0.3, 0.4) is 0 Å². The van der Waals surface area contributed by atoms with Crippen molar-refractivity contribution < 1.29 is 9.18 Å². The van der Waals surface area contributed by atoms with E-state index in [1.807, 2.05) is 30.3 Å². The summed E-state index contributed by atoms with van der Waals surface area (Å²) in [5.74, 6) is -0.439. The second-order valence-electron chi connectivity index (χ2n) is 3.70. The number of hydrogen-bond acceptors (Lipinski definition) is 1. The normalized spacial score (nSPS) is 10.6. The van der Waals surface area contributed by atoms with Crippen LogP contribution in [0.15, 0.2) is 36.4 Å². The topological polar surface area (TPSA) is 43.1 Å². The smallest absolute Gasteiger partial charge is 0.221 e. The Morgan fingerprint density at radius 2 is 1.94 bits per heavy atom. The predicted molar refractivity (Wildman–Crippen MR) is 61.7 cm³/mol. The van der Waals surface area contributed by atoms with E-state index in [0.29, 0.717) is 11.1 Å². The highest BCUT2D eigenvalue weighted by atomic mass is 19.1. The Balaban J connectivity index is 2.67. The third-order valence-electron chi connectivity index (χ3n) is 2.63. The molecule has 2 nitrogen and oxygen atoms in total. The van der Waals surface area contributed by atoms with E-state index in [0.717, 1.165) is 10.8 Å². The molecule has 0 aliphatic rings.